The second-order valence-electron chi connectivity index (χ2n) is 7.17. The summed E-state index contributed by atoms with van der Waals surface area (Å²) in [7, 11) is 0. The molecule has 1 aliphatic heterocycles. The summed E-state index contributed by atoms with van der Waals surface area (Å²) in [5, 5.41) is 39.3. The maximum Gasteiger partial charge on any atom is 0.416 e. The Hall–Kier alpha value is -3.12. The molecule has 0 amide bonds. The maximum absolute atomic E-state index is 12.8. The number of fused-ring (bicyclic) bond motifs is 1. The van der Waals surface area contributed by atoms with Crippen molar-refractivity contribution in [3.63, 3.8) is 0 Å². The average molecular weight is 454 g/mol. The predicted molar refractivity (Wildman–Crippen MR) is 103 cm³/mol. The van der Waals surface area contributed by atoms with Gasteiger partial charge in [-0.15, -0.1) is 0 Å². The second kappa shape index (κ2) is 8.10. The molecular weight excluding hydrogens is 437 g/mol. The summed E-state index contributed by atoms with van der Waals surface area (Å²) in [6, 6.07) is 6.44. The highest BCUT2D eigenvalue weighted by Crippen LogP contribution is 2.37. The molecule has 4 N–H and O–H groups in total. The van der Waals surface area contributed by atoms with Crippen molar-refractivity contribution >= 4 is 11.0 Å². The molecule has 0 unspecified atom stereocenters. The van der Waals surface area contributed by atoms with E-state index in [4.69, 9.17) is 19.0 Å². The molecule has 1 saturated heterocycles. The van der Waals surface area contributed by atoms with Crippen LogP contribution in [0.1, 0.15) is 5.56 Å². The van der Waals surface area contributed by atoms with Gasteiger partial charge in [0, 0.05) is 0 Å². The number of aliphatic hydroxyl groups is 3. The van der Waals surface area contributed by atoms with Crippen molar-refractivity contribution in [2.45, 2.75) is 30.8 Å². The van der Waals surface area contributed by atoms with Crippen LogP contribution in [-0.2, 0) is 10.9 Å². The van der Waals surface area contributed by atoms with Crippen LogP contribution in [-0.4, -0.2) is 51.6 Å². The number of alkyl halides is 3. The van der Waals surface area contributed by atoms with Gasteiger partial charge in [-0.2, -0.15) is 13.2 Å². The highest BCUT2D eigenvalue weighted by Gasteiger charge is 2.44. The summed E-state index contributed by atoms with van der Waals surface area (Å²) in [5.74, 6) is -0.811. The van der Waals surface area contributed by atoms with E-state index in [1.807, 2.05) is 0 Å². The predicted octanol–water partition coefficient (Wildman–Crippen LogP) is 2.00. The van der Waals surface area contributed by atoms with Crippen LogP contribution in [0.25, 0.3) is 22.1 Å². The number of rotatable bonds is 4. The number of halogens is 3. The summed E-state index contributed by atoms with van der Waals surface area (Å²) < 4.78 is 54.2. The fourth-order valence-corrected chi connectivity index (χ4v) is 3.39. The standard InChI is InChI=1S/C21H17F3O8/c22-21(23,24)10-3-1-9(2-4-10)12-8-30-19-11(15(12)26)5-6-13(17(19)28)31-20-18(29)16(27)14(7-25)32-20/h1-6,8,14,16,18,20,25,27-29H,7H2/t14-,16-,18+,20+/m1/s1. The van der Waals surface area contributed by atoms with E-state index < -0.39 is 54.1 Å². The van der Waals surface area contributed by atoms with Crippen molar-refractivity contribution in [2.24, 2.45) is 0 Å². The Morgan fingerprint density at radius 1 is 1.03 bits per heavy atom. The van der Waals surface area contributed by atoms with Crippen molar-refractivity contribution in [1.82, 2.24) is 0 Å². The van der Waals surface area contributed by atoms with Crippen LogP contribution < -0.4 is 10.2 Å². The first-order valence-electron chi connectivity index (χ1n) is 9.36. The van der Waals surface area contributed by atoms with Gasteiger partial charge in [0.05, 0.1) is 23.1 Å². The number of ether oxygens (including phenoxy) is 2. The summed E-state index contributed by atoms with van der Waals surface area (Å²) in [6.45, 7) is -0.566. The van der Waals surface area contributed by atoms with Crippen LogP contribution in [0.5, 0.6) is 11.5 Å². The average Bonchev–Trinajstić information content (AvgIpc) is 3.03. The molecule has 11 heteroatoms. The molecule has 0 radical (unpaired) electrons. The van der Waals surface area contributed by atoms with E-state index >= 15 is 0 Å². The molecule has 4 rings (SSSR count). The van der Waals surface area contributed by atoms with E-state index in [1.54, 1.807) is 0 Å². The fourth-order valence-electron chi connectivity index (χ4n) is 3.39. The largest absolute Gasteiger partial charge is 0.502 e. The van der Waals surface area contributed by atoms with Crippen LogP contribution >= 0.6 is 0 Å². The third-order valence-electron chi connectivity index (χ3n) is 5.14. The minimum absolute atomic E-state index is 0.0113. The lowest BCUT2D eigenvalue weighted by Crippen LogP contribution is -2.35. The van der Waals surface area contributed by atoms with Crippen LogP contribution in [0.15, 0.2) is 51.9 Å². The third-order valence-corrected chi connectivity index (χ3v) is 5.14. The van der Waals surface area contributed by atoms with Gasteiger partial charge in [-0.25, -0.2) is 0 Å². The van der Waals surface area contributed by atoms with Crippen LogP contribution in [0.4, 0.5) is 13.2 Å². The van der Waals surface area contributed by atoms with E-state index in [9.17, 15) is 33.3 Å². The highest BCUT2D eigenvalue weighted by molar-refractivity contribution is 5.87. The zero-order chi connectivity index (χ0) is 23.2. The van der Waals surface area contributed by atoms with Crippen LogP contribution in [0, 0.1) is 0 Å². The summed E-state index contributed by atoms with van der Waals surface area (Å²) in [6.07, 6.45) is -8.90. The highest BCUT2D eigenvalue weighted by atomic mass is 19.4. The Labute approximate surface area is 177 Å². The number of hydrogen-bond acceptors (Lipinski definition) is 8. The molecule has 0 aliphatic carbocycles. The van der Waals surface area contributed by atoms with Gasteiger partial charge in [0.25, 0.3) is 0 Å². The number of benzene rings is 2. The normalized spacial score (nSPS) is 23.6. The Bertz CT molecular complexity index is 1190. The van der Waals surface area contributed by atoms with E-state index in [0.29, 0.717) is 0 Å². The summed E-state index contributed by atoms with van der Waals surface area (Å²) in [5.41, 5.74) is -1.53. The molecule has 0 bridgehead atoms. The van der Waals surface area contributed by atoms with Crippen molar-refractivity contribution in [3.05, 3.63) is 58.4 Å². The molecule has 1 aliphatic rings. The topological polar surface area (TPSA) is 130 Å². The van der Waals surface area contributed by atoms with E-state index in [0.717, 1.165) is 30.5 Å². The van der Waals surface area contributed by atoms with Gasteiger partial charge in [-0.05, 0) is 29.8 Å². The Kier molecular flexibility index (Phi) is 5.59. The third kappa shape index (κ3) is 3.79. The van der Waals surface area contributed by atoms with Gasteiger partial charge < -0.3 is 34.3 Å². The quantitative estimate of drug-likeness (QED) is 0.471. The molecule has 0 spiro atoms. The summed E-state index contributed by atoms with van der Waals surface area (Å²) in [4.78, 5) is 12.8. The molecule has 2 aromatic carbocycles. The van der Waals surface area contributed by atoms with Gasteiger partial charge in [0.1, 0.15) is 24.6 Å². The SMILES string of the molecule is O=c1c(-c2ccc(C(F)(F)F)cc2)coc2c(O)c(O[C@H]3O[C@H](CO)[C@@H](O)[C@@H]3O)ccc12. The lowest BCUT2D eigenvalue weighted by atomic mass is 10.0. The Balaban J connectivity index is 1.66. The van der Waals surface area contributed by atoms with E-state index in [2.05, 4.69) is 0 Å². The molecular formula is C21H17F3O8. The molecule has 32 heavy (non-hydrogen) atoms. The van der Waals surface area contributed by atoms with Gasteiger partial charge >= 0.3 is 6.18 Å². The summed E-state index contributed by atoms with van der Waals surface area (Å²) >= 11 is 0. The first kappa shape index (κ1) is 22.1. The van der Waals surface area contributed by atoms with E-state index in [1.165, 1.54) is 12.1 Å². The zero-order valence-electron chi connectivity index (χ0n) is 16.1. The monoisotopic (exact) mass is 454 g/mol. The molecule has 2 heterocycles. The van der Waals surface area contributed by atoms with Crippen molar-refractivity contribution in [3.8, 4) is 22.6 Å². The fraction of sp³-hybridized carbons (Fsp3) is 0.286. The maximum atomic E-state index is 12.8. The minimum Gasteiger partial charge on any atom is -0.502 e. The number of phenolic OH excluding ortho intramolecular Hbond substituents is 1. The van der Waals surface area contributed by atoms with E-state index in [-0.39, 0.29) is 27.8 Å². The van der Waals surface area contributed by atoms with Crippen LogP contribution in [0.3, 0.4) is 0 Å². The van der Waals surface area contributed by atoms with Gasteiger partial charge in [0.2, 0.25) is 17.5 Å². The minimum atomic E-state index is -4.52. The second-order valence-corrected chi connectivity index (χ2v) is 7.17. The Morgan fingerprint density at radius 3 is 2.31 bits per heavy atom. The smallest absolute Gasteiger partial charge is 0.416 e. The first-order chi connectivity index (χ1) is 15.1. The van der Waals surface area contributed by atoms with Crippen molar-refractivity contribution in [2.75, 3.05) is 6.61 Å². The van der Waals surface area contributed by atoms with Crippen molar-refractivity contribution < 1.29 is 47.5 Å². The molecule has 1 fully saturated rings. The Morgan fingerprint density at radius 2 is 1.72 bits per heavy atom. The number of aromatic hydroxyl groups is 1. The number of aliphatic hydroxyl groups excluding tert-OH is 3. The zero-order valence-corrected chi connectivity index (χ0v) is 16.1. The molecule has 1 aromatic heterocycles. The molecule has 170 valence electrons. The van der Waals surface area contributed by atoms with Gasteiger partial charge in [-0.1, -0.05) is 12.1 Å². The lowest BCUT2D eigenvalue weighted by molar-refractivity contribution is -0.137. The van der Waals surface area contributed by atoms with Crippen LogP contribution in [0.2, 0.25) is 0 Å². The van der Waals surface area contributed by atoms with Crippen molar-refractivity contribution in [1.29, 1.82) is 0 Å². The molecule has 0 saturated carbocycles. The van der Waals surface area contributed by atoms with Gasteiger partial charge in [-0.3, -0.25) is 4.79 Å². The molecule has 4 atom stereocenters. The first-order valence-corrected chi connectivity index (χ1v) is 9.36. The van der Waals surface area contributed by atoms with Gasteiger partial charge in [0.15, 0.2) is 11.3 Å². The molecule has 3 aromatic rings. The molecule has 8 nitrogen and oxygen atoms in total. The number of phenols is 1. The number of hydrogen-bond donors (Lipinski definition) is 4. The lowest BCUT2D eigenvalue weighted by Gasteiger charge is -2.18.